The first-order valence-electron chi connectivity index (χ1n) is 8.04. The zero-order valence-corrected chi connectivity index (χ0v) is 13.0. The number of likely N-dealkylation sites (tertiary alicyclic amines) is 1. The highest BCUT2D eigenvalue weighted by atomic mass is 35.5. The molecule has 1 saturated heterocycles. The number of nitrogens with zero attached hydrogens (tertiary/aromatic N) is 1. The molecular formula is C17H25ClN2. The second-order valence-electron chi connectivity index (χ2n) is 6.23. The lowest BCUT2D eigenvalue weighted by Gasteiger charge is -2.21. The molecule has 1 atom stereocenters. The van der Waals surface area contributed by atoms with Crippen LogP contribution in [0.2, 0.25) is 5.02 Å². The molecule has 1 aromatic carbocycles. The normalized spacial score (nSPS) is 23.6. The minimum Gasteiger partial charge on any atom is -0.312 e. The molecule has 1 fully saturated rings. The fourth-order valence-corrected chi connectivity index (χ4v) is 3.71. The summed E-state index contributed by atoms with van der Waals surface area (Å²) in [6, 6.07) is 6.94. The Hall–Kier alpha value is -0.570. The Kier molecular flexibility index (Phi) is 4.98. The van der Waals surface area contributed by atoms with Crippen LogP contribution in [0, 0.1) is 0 Å². The summed E-state index contributed by atoms with van der Waals surface area (Å²) >= 11 is 6.07. The topological polar surface area (TPSA) is 15.3 Å². The van der Waals surface area contributed by atoms with Gasteiger partial charge in [0.05, 0.1) is 0 Å². The predicted octanol–water partition coefficient (Wildman–Crippen LogP) is 3.27. The molecule has 0 amide bonds. The van der Waals surface area contributed by atoms with Crippen molar-refractivity contribution in [2.24, 2.45) is 0 Å². The van der Waals surface area contributed by atoms with E-state index < -0.39 is 0 Å². The summed E-state index contributed by atoms with van der Waals surface area (Å²) in [6.45, 7) is 4.91. The molecule has 20 heavy (non-hydrogen) atoms. The number of halogens is 1. The summed E-state index contributed by atoms with van der Waals surface area (Å²) in [5.74, 6) is 0. The van der Waals surface area contributed by atoms with Gasteiger partial charge in [0, 0.05) is 24.2 Å². The Balaban J connectivity index is 1.42. The average molecular weight is 293 g/mol. The largest absolute Gasteiger partial charge is 0.312 e. The number of fused-ring (bicyclic) bond motifs is 1. The first-order valence-corrected chi connectivity index (χ1v) is 8.42. The van der Waals surface area contributed by atoms with Gasteiger partial charge in [0.25, 0.3) is 0 Å². The Labute approximate surface area is 127 Å². The van der Waals surface area contributed by atoms with E-state index in [4.69, 9.17) is 11.6 Å². The van der Waals surface area contributed by atoms with Crippen molar-refractivity contribution in [3.05, 3.63) is 34.3 Å². The van der Waals surface area contributed by atoms with Gasteiger partial charge in [-0.2, -0.15) is 0 Å². The standard InChI is InChI=1S/C17H25ClN2/c18-16-6-5-14-12-17(13-15(14)11-16)19-7-10-20-8-3-1-2-4-9-20/h5-6,11,17,19H,1-4,7-10,12-13H2. The molecule has 3 heteroatoms. The van der Waals surface area contributed by atoms with Gasteiger partial charge in [-0.1, -0.05) is 30.5 Å². The number of benzene rings is 1. The predicted molar refractivity (Wildman–Crippen MR) is 85.6 cm³/mol. The van der Waals surface area contributed by atoms with E-state index >= 15 is 0 Å². The average Bonchev–Trinajstić information content (AvgIpc) is 2.66. The Morgan fingerprint density at radius 2 is 1.80 bits per heavy atom. The van der Waals surface area contributed by atoms with E-state index in [2.05, 4.69) is 22.3 Å². The van der Waals surface area contributed by atoms with Crippen LogP contribution < -0.4 is 5.32 Å². The molecule has 0 spiro atoms. The van der Waals surface area contributed by atoms with Crippen molar-refractivity contribution < 1.29 is 0 Å². The molecule has 2 nitrogen and oxygen atoms in total. The van der Waals surface area contributed by atoms with E-state index in [0.29, 0.717) is 6.04 Å². The molecule has 0 radical (unpaired) electrons. The van der Waals surface area contributed by atoms with Gasteiger partial charge in [-0.3, -0.25) is 0 Å². The molecule has 1 heterocycles. The van der Waals surface area contributed by atoms with Crippen molar-refractivity contribution in [1.82, 2.24) is 10.2 Å². The minimum atomic E-state index is 0.607. The Morgan fingerprint density at radius 1 is 1.05 bits per heavy atom. The first-order chi connectivity index (χ1) is 9.81. The Morgan fingerprint density at radius 3 is 2.60 bits per heavy atom. The van der Waals surface area contributed by atoms with Gasteiger partial charge in [0.2, 0.25) is 0 Å². The van der Waals surface area contributed by atoms with Crippen LogP contribution in [0.15, 0.2) is 18.2 Å². The summed E-state index contributed by atoms with van der Waals surface area (Å²) in [4.78, 5) is 2.62. The third kappa shape index (κ3) is 3.75. The van der Waals surface area contributed by atoms with Gasteiger partial charge >= 0.3 is 0 Å². The van der Waals surface area contributed by atoms with Crippen molar-refractivity contribution >= 4 is 11.6 Å². The molecule has 1 unspecified atom stereocenters. The molecule has 110 valence electrons. The third-order valence-electron chi connectivity index (χ3n) is 4.66. The van der Waals surface area contributed by atoms with Crippen LogP contribution in [0.25, 0.3) is 0 Å². The van der Waals surface area contributed by atoms with Crippen LogP contribution >= 0.6 is 11.6 Å². The van der Waals surface area contributed by atoms with E-state index in [-0.39, 0.29) is 0 Å². The van der Waals surface area contributed by atoms with Crippen LogP contribution in [0.4, 0.5) is 0 Å². The monoisotopic (exact) mass is 292 g/mol. The van der Waals surface area contributed by atoms with Crippen molar-refractivity contribution in [2.75, 3.05) is 26.2 Å². The van der Waals surface area contributed by atoms with Crippen LogP contribution in [0.1, 0.15) is 36.8 Å². The van der Waals surface area contributed by atoms with Crippen molar-refractivity contribution in [3.8, 4) is 0 Å². The van der Waals surface area contributed by atoms with Gasteiger partial charge in [-0.15, -0.1) is 0 Å². The summed E-state index contributed by atoms with van der Waals surface area (Å²) in [7, 11) is 0. The van der Waals surface area contributed by atoms with E-state index in [9.17, 15) is 0 Å². The SMILES string of the molecule is Clc1ccc2c(c1)CC(NCCN1CCCCCC1)C2. The molecule has 0 saturated carbocycles. The summed E-state index contributed by atoms with van der Waals surface area (Å²) < 4.78 is 0. The highest BCUT2D eigenvalue weighted by Gasteiger charge is 2.21. The third-order valence-corrected chi connectivity index (χ3v) is 4.90. The van der Waals surface area contributed by atoms with Crippen LogP contribution in [-0.2, 0) is 12.8 Å². The summed E-state index contributed by atoms with van der Waals surface area (Å²) in [6.07, 6.45) is 7.90. The lowest BCUT2D eigenvalue weighted by molar-refractivity contribution is 0.279. The second kappa shape index (κ2) is 6.93. The van der Waals surface area contributed by atoms with Crippen LogP contribution in [0.5, 0.6) is 0 Å². The molecule has 3 rings (SSSR count). The van der Waals surface area contributed by atoms with Crippen LogP contribution in [0.3, 0.4) is 0 Å². The van der Waals surface area contributed by atoms with Gasteiger partial charge in [0.1, 0.15) is 0 Å². The smallest absolute Gasteiger partial charge is 0.0408 e. The van der Waals surface area contributed by atoms with Crippen molar-refractivity contribution in [1.29, 1.82) is 0 Å². The lowest BCUT2D eigenvalue weighted by atomic mass is 10.1. The quantitative estimate of drug-likeness (QED) is 0.916. The van der Waals surface area contributed by atoms with Crippen molar-refractivity contribution in [2.45, 2.75) is 44.6 Å². The number of hydrogen-bond donors (Lipinski definition) is 1. The fourth-order valence-electron chi connectivity index (χ4n) is 3.52. The number of nitrogens with one attached hydrogen (secondary N) is 1. The van der Waals surface area contributed by atoms with Crippen molar-refractivity contribution in [3.63, 3.8) is 0 Å². The van der Waals surface area contributed by atoms with E-state index in [1.54, 1.807) is 0 Å². The zero-order valence-electron chi connectivity index (χ0n) is 12.2. The molecule has 0 bridgehead atoms. The minimum absolute atomic E-state index is 0.607. The summed E-state index contributed by atoms with van der Waals surface area (Å²) in [5, 5.41) is 4.60. The maximum absolute atomic E-state index is 6.07. The molecule has 1 N–H and O–H groups in total. The van der Waals surface area contributed by atoms with E-state index in [0.717, 1.165) is 24.4 Å². The first kappa shape index (κ1) is 14.4. The highest BCUT2D eigenvalue weighted by molar-refractivity contribution is 6.30. The molecule has 0 aromatic heterocycles. The fraction of sp³-hybridized carbons (Fsp3) is 0.647. The molecule has 1 aromatic rings. The van der Waals surface area contributed by atoms with Crippen LogP contribution in [-0.4, -0.2) is 37.1 Å². The Bertz CT molecular complexity index is 439. The highest BCUT2D eigenvalue weighted by Crippen LogP contribution is 2.25. The van der Waals surface area contributed by atoms with E-state index in [1.165, 1.54) is 56.4 Å². The maximum atomic E-state index is 6.07. The second-order valence-corrected chi connectivity index (χ2v) is 6.66. The molecule has 1 aliphatic carbocycles. The van der Waals surface area contributed by atoms with E-state index in [1.807, 2.05) is 6.07 Å². The number of rotatable bonds is 4. The molecular weight excluding hydrogens is 268 g/mol. The van der Waals surface area contributed by atoms with Gasteiger partial charge in [-0.05, 0) is 62.0 Å². The number of hydrogen-bond acceptors (Lipinski definition) is 2. The van der Waals surface area contributed by atoms with Gasteiger partial charge < -0.3 is 10.2 Å². The molecule has 2 aliphatic rings. The zero-order chi connectivity index (χ0) is 13.8. The maximum Gasteiger partial charge on any atom is 0.0408 e. The van der Waals surface area contributed by atoms with Gasteiger partial charge in [-0.25, -0.2) is 0 Å². The lowest BCUT2D eigenvalue weighted by Crippen LogP contribution is -2.38. The van der Waals surface area contributed by atoms with Gasteiger partial charge in [0.15, 0.2) is 0 Å². The molecule has 1 aliphatic heterocycles. The summed E-state index contributed by atoms with van der Waals surface area (Å²) in [5.41, 5.74) is 2.91.